The molecule has 0 saturated carbocycles. The molecule has 17 heavy (non-hydrogen) atoms. The van der Waals surface area contributed by atoms with Gasteiger partial charge in [0.2, 0.25) is 5.76 Å². The Bertz CT molecular complexity index is 384. The van der Waals surface area contributed by atoms with Gasteiger partial charge in [0.25, 0.3) is 0 Å². The fraction of sp³-hybridized carbons (Fsp3) is 0.333. The number of hydrogen-bond acceptors (Lipinski definition) is 2. The SMILES string of the molecule is CCO/C(=C(\C)Sc1ccccc1)C(F)(F)F. The van der Waals surface area contributed by atoms with Crippen LogP contribution in [0.25, 0.3) is 0 Å². The molecule has 1 aromatic rings. The first kappa shape index (κ1) is 14.0. The molecule has 0 aliphatic heterocycles. The second-order valence-electron chi connectivity index (χ2n) is 3.23. The Morgan fingerprint density at radius 2 is 1.82 bits per heavy atom. The molecule has 0 spiro atoms. The second-order valence-corrected chi connectivity index (χ2v) is 4.52. The first-order valence-electron chi connectivity index (χ1n) is 5.09. The summed E-state index contributed by atoms with van der Waals surface area (Å²) in [6, 6.07) is 8.89. The number of rotatable bonds is 4. The molecular weight excluding hydrogens is 249 g/mol. The van der Waals surface area contributed by atoms with Crippen LogP contribution in [-0.4, -0.2) is 12.8 Å². The van der Waals surface area contributed by atoms with Crippen molar-refractivity contribution in [3.63, 3.8) is 0 Å². The van der Waals surface area contributed by atoms with Crippen LogP contribution in [0.2, 0.25) is 0 Å². The first-order chi connectivity index (χ1) is 7.95. The lowest BCUT2D eigenvalue weighted by atomic mass is 10.4. The van der Waals surface area contributed by atoms with Gasteiger partial charge in [-0.25, -0.2) is 0 Å². The highest BCUT2D eigenvalue weighted by Crippen LogP contribution is 2.36. The Kier molecular flexibility index (Phi) is 4.93. The lowest BCUT2D eigenvalue weighted by Gasteiger charge is -2.15. The molecule has 0 radical (unpaired) electrons. The van der Waals surface area contributed by atoms with Gasteiger partial charge in [-0.2, -0.15) is 13.2 Å². The first-order valence-corrected chi connectivity index (χ1v) is 5.90. The van der Waals surface area contributed by atoms with E-state index in [1.54, 1.807) is 24.3 Å². The summed E-state index contributed by atoms with van der Waals surface area (Å²) in [5.41, 5.74) is 0. The summed E-state index contributed by atoms with van der Waals surface area (Å²) in [4.78, 5) is 0.872. The van der Waals surface area contributed by atoms with Crippen LogP contribution in [0.15, 0.2) is 45.9 Å². The molecule has 0 atom stereocenters. The summed E-state index contributed by atoms with van der Waals surface area (Å²) in [5.74, 6) is -0.908. The normalized spacial score (nSPS) is 13.2. The number of allylic oxidation sites excluding steroid dienone is 2. The summed E-state index contributed by atoms with van der Waals surface area (Å²) in [5, 5.41) is 0. The van der Waals surface area contributed by atoms with E-state index in [-0.39, 0.29) is 11.5 Å². The van der Waals surface area contributed by atoms with Gasteiger partial charge in [-0.3, -0.25) is 0 Å². The quantitative estimate of drug-likeness (QED) is 0.579. The summed E-state index contributed by atoms with van der Waals surface area (Å²) in [7, 11) is 0. The predicted molar refractivity (Wildman–Crippen MR) is 62.7 cm³/mol. The third-order valence-corrected chi connectivity index (χ3v) is 2.88. The maximum absolute atomic E-state index is 12.7. The molecular formula is C12H13F3OS. The highest BCUT2D eigenvalue weighted by molar-refractivity contribution is 8.03. The second kappa shape index (κ2) is 6.00. The molecule has 0 aliphatic carbocycles. The van der Waals surface area contributed by atoms with Gasteiger partial charge in [0.05, 0.1) is 6.61 Å². The largest absolute Gasteiger partial charge is 0.489 e. The third-order valence-electron chi connectivity index (χ3n) is 1.88. The molecule has 1 rings (SSSR count). The zero-order chi connectivity index (χ0) is 12.9. The number of alkyl halides is 3. The van der Waals surface area contributed by atoms with Crippen molar-refractivity contribution >= 4 is 11.8 Å². The standard InChI is InChI=1S/C12H13F3OS/c1-3-16-11(12(13,14)15)9(2)17-10-7-5-4-6-8-10/h4-8H,3H2,1-2H3/b11-9+. The van der Waals surface area contributed by atoms with Gasteiger partial charge in [-0.15, -0.1) is 0 Å². The van der Waals surface area contributed by atoms with E-state index in [4.69, 9.17) is 0 Å². The van der Waals surface area contributed by atoms with Crippen molar-refractivity contribution in [2.75, 3.05) is 6.61 Å². The molecule has 1 aromatic carbocycles. The molecule has 0 heterocycles. The molecule has 94 valence electrons. The summed E-state index contributed by atoms with van der Waals surface area (Å²) >= 11 is 1.05. The maximum atomic E-state index is 12.7. The lowest BCUT2D eigenvalue weighted by molar-refractivity contribution is -0.130. The highest BCUT2D eigenvalue weighted by Gasteiger charge is 2.37. The van der Waals surface area contributed by atoms with Gasteiger partial charge in [-0.05, 0) is 26.0 Å². The molecule has 0 fully saturated rings. The van der Waals surface area contributed by atoms with Crippen molar-refractivity contribution in [2.24, 2.45) is 0 Å². The number of benzene rings is 1. The van der Waals surface area contributed by atoms with E-state index < -0.39 is 11.9 Å². The molecule has 1 nitrogen and oxygen atoms in total. The summed E-state index contributed by atoms with van der Waals surface area (Å²) in [6.07, 6.45) is -4.44. The minimum absolute atomic E-state index is 0.00152. The Labute approximate surface area is 103 Å². The monoisotopic (exact) mass is 262 g/mol. The molecule has 0 amide bonds. The van der Waals surface area contributed by atoms with Gasteiger partial charge in [0.15, 0.2) is 0 Å². The Morgan fingerprint density at radius 1 is 1.24 bits per heavy atom. The van der Waals surface area contributed by atoms with Crippen molar-refractivity contribution in [1.82, 2.24) is 0 Å². The van der Waals surface area contributed by atoms with Gasteiger partial charge < -0.3 is 4.74 Å². The fourth-order valence-corrected chi connectivity index (χ4v) is 2.15. The van der Waals surface area contributed by atoms with E-state index in [1.165, 1.54) is 13.8 Å². The number of halogens is 3. The molecule has 0 N–H and O–H groups in total. The van der Waals surface area contributed by atoms with Crippen molar-refractivity contribution in [3.8, 4) is 0 Å². The molecule has 0 aliphatic rings. The van der Waals surface area contributed by atoms with Gasteiger partial charge >= 0.3 is 6.18 Å². The van der Waals surface area contributed by atoms with Gasteiger partial charge in [0, 0.05) is 9.80 Å². The van der Waals surface area contributed by atoms with E-state index in [1.807, 2.05) is 6.07 Å². The summed E-state index contributed by atoms with van der Waals surface area (Å²) < 4.78 is 42.7. The molecule has 0 saturated heterocycles. The Hall–Kier alpha value is -1.10. The Morgan fingerprint density at radius 3 is 2.29 bits per heavy atom. The molecule has 0 unspecified atom stereocenters. The molecule has 0 aromatic heterocycles. The number of thioether (sulfide) groups is 1. The highest BCUT2D eigenvalue weighted by atomic mass is 32.2. The van der Waals surface area contributed by atoms with Crippen molar-refractivity contribution in [3.05, 3.63) is 41.0 Å². The predicted octanol–water partition coefficient (Wildman–Crippen LogP) is 4.61. The fourth-order valence-electron chi connectivity index (χ4n) is 1.24. The zero-order valence-electron chi connectivity index (χ0n) is 9.54. The van der Waals surface area contributed by atoms with Crippen LogP contribution in [0.3, 0.4) is 0 Å². The maximum Gasteiger partial charge on any atom is 0.449 e. The van der Waals surface area contributed by atoms with E-state index in [0.717, 1.165) is 16.7 Å². The van der Waals surface area contributed by atoms with E-state index in [9.17, 15) is 13.2 Å². The Balaban J connectivity index is 2.93. The molecule has 5 heteroatoms. The van der Waals surface area contributed by atoms with Crippen LogP contribution in [0.4, 0.5) is 13.2 Å². The minimum Gasteiger partial charge on any atom is -0.489 e. The van der Waals surface area contributed by atoms with Crippen LogP contribution < -0.4 is 0 Å². The molecule has 0 bridgehead atoms. The summed E-state index contributed by atoms with van der Waals surface area (Å²) in [6.45, 7) is 2.95. The van der Waals surface area contributed by atoms with Gasteiger partial charge in [-0.1, -0.05) is 30.0 Å². The van der Waals surface area contributed by atoms with Crippen LogP contribution in [0.5, 0.6) is 0 Å². The van der Waals surface area contributed by atoms with Crippen LogP contribution >= 0.6 is 11.8 Å². The van der Waals surface area contributed by atoms with Crippen LogP contribution in [0, 0.1) is 0 Å². The average Bonchev–Trinajstić information content (AvgIpc) is 2.25. The van der Waals surface area contributed by atoms with E-state index in [2.05, 4.69) is 4.74 Å². The zero-order valence-corrected chi connectivity index (χ0v) is 10.4. The van der Waals surface area contributed by atoms with Crippen LogP contribution in [0.1, 0.15) is 13.8 Å². The van der Waals surface area contributed by atoms with Crippen molar-refractivity contribution < 1.29 is 17.9 Å². The topological polar surface area (TPSA) is 9.23 Å². The lowest BCUT2D eigenvalue weighted by Crippen LogP contribution is -2.16. The van der Waals surface area contributed by atoms with Crippen molar-refractivity contribution in [2.45, 2.75) is 24.9 Å². The number of hydrogen-bond donors (Lipinski definition) is 0. The average molecular weight is 262 g/mol. The van der Waals surface area contributed by atoms with Crippen molar-refractivity contribution in [1.29, 1.82) is 0 Å². The third kappa shape index (κ3) is 4.34. The van der Waals surface area contributed by atoms with Gasteiger partial charge in [0.1, 0.15) is 0 Å². The smallest absolute Gasteiger partial charge is 0.449 e. The minimum atomic E-state index is -4.44. The van der Waals surface area contributed by atoms with E-state index >= 15 is 0 Å². The van der Waals surface area contributed by atoms with E-state index in [0.29, 0.717) is 0 Å². The number of ether oxygens (including phenoxy) is 1. The van der Waals surface area contributed by atoms with Crippen LogP contribution in [-0.2, 0) is 4.74 Å².